The molecule has 0 radical (unpaired) electrons. The number of anilines is 1. The molecule has 0 bridgehead atoms. The van der Waals surface area contributed by atoms with Crippen LogP contribution in [-0.4, -0.2) is 28.4 Å². The van der Waals surface area contributed by atoms with E-state index in [1.54, 1.807) is 0 Å². The normalized spacial score (nSPS) is 29.1. The number of fused-ring (bicyclic) bond motifs is 1. The maximum atomic E-state index is 8.83. The second kappa shape index (κ2) is 2.92. The van der Waals surface area contributed by atoms with Crippen LogP contribution in [0.4, 0.5) is 5.82 Å². The maximum Gasteiger partial charge on any atom is 0.151 e. The second-order valence-electron chi connectivity index (χ2n) is 4.20. The Kier molecular flexibility index (Phi) is 1.70. The number of aromatic nitrogens is 2. The van der Waals surface area contributed by atoms with Crippen molar-refractivity contribution in [3.05, 3.63) is 17.8 Å². The Morgan fingerprint density at radius 3 is 2.64 bits per heavy atom. The molecule has 0 spiro atoms. The van der Waals surface area contributed by atoms with Crippen LogP contribution in [0.25, 0.3) is 0 Å². The summed E-state index contributed by atoms with van der Waals surface area (Å²) in [5.74, 6) is 2.78. The summed E-state index contributed by atoms with van der Waals surface area (Å²) in [7, 11) is 0. The van der Waals surface area contributed by atoms with Crippen molar-refractivity contribution in [1.29, 1.82) is 0 Å². The Hall–Kier alpha value is -1.16. The van der Waals surface area contributed by atoms with Crippen LogP contribution in [0.2, 0.25) is 0 Å². The predicted octanol–water partition coefficient (Wildman–Crippen LogP) is 0.425. The van der Waals surface area contributed by atoms with E-state index in [4.69, 9.17) is 5.11 Å². The summed E-state index contributed by atoms with van der Waals surface area (Å²) in [5, 5.41) is 16.9. The van der Waals surface area contributed by atoms with E-state index in [-0.39, 0.29) is 6.61 Å². The Balaban J connectivity index is 1.76. The van der Waals surface area contributed by atoms with E-state index in [1.165, 1.54) is 6.42 Å². The lowest BCUT2D eigenvalue weighted by Crippen LogP contribution is -2.23. The van der Waals surface area contributed by atoms with Gasteiger partial charge in [0.05, 0.1) is 12.3 Å². The van der Waals surface area contributed by atoms with Crippen LogP contribution >= 0.6 is 0 Å². The number of aliphatic hydroxyl groups is 1. The molecule has 0 amide bonds. The van der Waals surface area contributed by atoms with Gasteiger partial charge in [0.25, 0.3) is 0 Å². The molecule has 4 nitrogen and oxygen atoms in total. The van der Waals surface area contributed by atoms with Crippen LogP contribution in [-0.2, 0) is 6.61 Å². The van der Waals surface area contributed by atoms with Crippen molar-refractivity contribution in [2.24, 2.45) is 11.8 Å². The highest BCUT2D eigenvalue weighted by molar-refractivity contribution is 5.40. The molecular formula is C10H13N3O. The molecule has 2 fully saturated rings. The molecule has 14 heavy (non-hydrogen) atoms. The van der Waals surface area contributed by atoms with Gasteiger partial charge in [0.15, 0.2) is 5.82 Å². The standard InChI is InChI=1S/C10H13N3O/c14-6-9-1-2-10(12-11-9)13-4-7-3-8(7)5-13/h1-2,7-8,14H,3-6H2. The molecule has 2 unspecified atom stereocenters. The molecule has 0 aromatic carbocycles. The van der Waals surface area contributed by atoms with Gasteiger partial charge in [-0.25, -0.2) is 0 Å². The van der Waals surface area contributed by atoms with Crippen LogP contribution in [0.15, 0.2) is 12.1 Å². The smallest absolute Gasteiger partial charge is 0.151 e. The van der Waals surface area contributed by atoms with Crippen molar-refractivity contribution in [3.8, 4) is 0 Å². The molecule has 1 aliphatic heterocycles. The number of piperidine rings is 1. The second-order valence-corrected chi connectivity index (χ2v) is 4.20. The third-order valence-electron chi connectivity index (χ3n) is 3.17. The van der Waals surface area contributed by atoms with Crippen molar-refractivity contribution >= 4 is 5.82 Å². The first-order chi connectivity index (χ1) is 6.86. The van der Waals surface area contributed by atoms with E-state index < -0.39 is 0 Å². The van der Waals surface area contributed by atoms with Crippen LogP contribution in [0.3, 0.4) is 0 Å². The van der Waals surface area contributed by atoms with E-state index in [1.807, 2.05) is 12.1 Å². The maximum absolute atomic E-state index is 8.83. The van der Waals surface area contributed by atoms with Crippen LogP contribution in [0.1, 0.15) is 12.1 Å². The van der Waals surface area contributed by atoms with E-state index in [9.17, 15) is 0 Å². The highest BCUT2D eigenvalue weighted by Crippen LogP contribution is 2.45. The Morgan fingerprint density at radius 2 is 2.07 bits per heavy atom. The zero-order valence-electron chi connectivity index (χ0n) is 7.93. The SMILES string of the molecule is OCc1ccc(N2CC3CC3C2)nn1. The van der Waals surface area contributed by atoms with Gasteiger partial charge in [-0.3, -0.25) is 0 Å². The fourth-order valence-electron chi connectivity index (χ4n) is 2.19. The van der Waals surface area contributed by atoms with Gasteiger partial charge >= 0.3 is 0 Å². The molecule has 1 saturated heterocycles. The van der Waals surface area contributed by atoms with E-state index >= 15 is 0 Å². The van der Waals surface area contributed by atoms with Crippen molar-refractivity contribution in [3.63, 3.8) is 0 Å². The largest absolute Gasteiger partial charge is 0.390 e. The molecule has 1 aliphatic carbocycles. The monoisotopic (exact) mass is 191 g/mol. The zero-order chi connectivity index (χ0) is 9.54. The molecule has 1 saturated carbocycles. The molecule has 2 atom stereocenters. The number of nitrogens with zero attached hydrogens (tertiary/aromatic N) is 3. The van der Waals surface area contributed by atoms with Gasteiger partial charge in [-0.05, 0) is 30.4 Å². The first kappa shape index (κ1) is 8.17. The van der Waals surface area contributed by atoms with Gasteiger partial charge in [0.1, 0.15) is 0 Å². The number of hydrogen-bond donors (Lipinski definition) is 1. The first-order valence-electron chi connectivity index (χ1n) is 5.05. The average molecular weight is 191 g/mol. The van der Waals surface area contributed by atoms with Crippen molar-refractivity contribution in [2.45, 2.75) is 13.0 Å². The van der Waals surface area contributed by atoms with Gasteiger partial charge in [0, 0.05) is 13.1 Å². The lowest BCUT2D eigenvalue weighted by molar-refractivity contribution is 0.275. The number of aliphatic hydroxyl groups excluding tert-OH is 1. The zero-order valence-corrected chi connectivity index (χ0v) is 7.93. The Bertz CT molecular complexity index is 328. The molecule has 2 heterocycles. The third kappa shape index (κ3) is 1.26. The van der Waals surface area contributed by atoms with Gasteiger partial charge in [0.2, 0.25) is 0 Å². The van der Waals surface area contributed by atoms with E-state index in [2.05, 4.69) is 15.1 Å². The first-order valence-corrected chi connectivity index (χ1v) is 5.05. The van der Waals surface area contributed by atoms with Crippen LogP contribution < -0.4 is 4.90 Å². The van der Waals surface area contributed by atoms with Crippen molar-refractivity contribution < 1.29 is 5.11 Å². The molecule has 2 aliphatic rings. The Labute approximate surface area is 82.6 Å². The summed E-state index contributed by atoms with van der Waals surface area (Å²) in [5.41, 5.74) is 0.637. The summed E-state index contributed by atoms with van der Waals surface area (Å²) < 4.78 is 0. The molecule has 74 valence electrons. The van der Waals surface area contributed by atoms with Crippen molar-refractivity contribution in [1.82, 2.24) is 10.2 Å². The summed E-state index contributed by atoms with van der Waals surface area (Å²) in [4.78, 5) is 2.28. The van der Waals surface area contributed by atoms with Gasteiger partial charge < -0.3 is 10.0 Å². The Morgan fingerprint density at radius 1 is 1.29 bits per heavy atom. The molecule has 4 heteroatoms. The third-order valence-corrected chi connectivity index (χ3v) is 3.17. The highest BCUT2D eigenvalue weighted by Gasteiger charge is 2.45. The molecule has 1 aromatic rings. The quantitative estimate of drug-likeness (QED) is 0.736. The van der Waals surface area contributed by atoms with Crippen molar-refractivity contribution in [2.75, 3.05) is 18.0 Å². The fraction of sp³-hybridized carbons (Fsp3) is 0.600. The molecular weight excluding hydrogens is 178 g/mol. The molecule has 3 rings (SSSR count). The minimum atomic E-state index is -0.0292. The minimum Gasteiger partial charge on any atom is -0.390 e. The average Bonchev–Trinajstić information content (AvgIpc) is 2.86. The summed E-state index contributed by atoms with van der Waals surface area (Å²) in [6, 6.07) is 3.79. The molecule has 1 aromatic heterocycles. The van der Waals surface area contributed by atoms with E-state index in [0.29, 0.717) is 5.69 Å². The topological polar surface area (TPSA) is 49.2 Å². The lowest BCUT2D eigenvalue weighted by Gasteiger charge is -2.17. The predicted molar refractivity (Wildman–Crippen MR) is 51.8 cm³/mol. The lowest BCUT2D eigenvalue weighted by atomic mass is 10.3. The number of rotatable bonds is 2. The van der Waals surface area contributed by atoms with Gasteiger partial charge in [-0.15, -0.1) is 5.10 Å². The minimum absolute atomic E-state index is 0.0292. The summed E-state index contributed by atoms with van der Waals surface area (Å²) in [6.45, 7) is 2.24. The van der Waals surface area contributed by atoms with Crippen LogP contribution in [0.5, 0.6) is 0 Å². The van der Waals surface area contributed by atoms with E-state index in [0.717, 1.165) is 30.7 Å². The van der Waals surface area contributed by atoms with Crippen LogP contribution in [0, 0.1) is 11.8 Å². The van der Waals surface area contributed by atoms with Gasteiger partial charge in [-0.1, -0.05) is 0 Å². The fourth-order valence-corrected chi connectivity index (χ4v) is 2.19. The molecule has 1 N–H and O–H groups in total. The summed E-state index contributed by atoms with van der Waals surface area (Å²) >= 11 is 0. The summed E-state index contributed by atoms with van der Waals surface area (Å²) in [6.07, 6.45) is 1.40. The van der Waals surface area contributed by atoms with Gasteiger partial charge in [-0.2, -0.15) is 5.10 Å². The number of hydrogen-bond acceptors (Lipinski definition) is 4. The highest BCUT2D eigenvalue weighted by atomic mass is 16.3.